The van der Waals surface area contributed by atoms with E-state index in [0.29, 0.717) is 6.10 Å². The maximum Gasteiger partial charge on any atom is 0.0564 e. The molecule has 0 radical (unpaired) electrons. The van der Waals surface area contributed by atoms with E-state index in [-0.39, 0.29) is 12.1 Å². The van der Waals surface area contributed by atoms with Crippen molar-refractivity contribution >= 4 is 0 Å². The zero-order valence-corrected chi connectivity index (χ0v) is 9.38. The number of aliphatic hydroxyl groups is 1. The van der Waals surface area contributed by atoms with Gasteiger partial charge in [-0.1, -0.05) is 6.92 Å². The largest absolute Gasteiger partial charge is 0.396 e. The Labute approximate surface area is 86.8 Å². The first kappa shape index (κ1) is 12.0. The third-order valence-corrected chi connectivity index (χ3v) is 3.00. The van der Waals surface area contributed by atoms with Gasteiger partial charge in [0.1, 0.15) is 0 Å². The summed E-state index contributed by atoms with van der Waals surface area (Å²) in [6.07, 6.45) is 4.36. The topological polar surface area (TPSA) is 41.5 Å². The molecule has 1 heterocycles. The zero-order chi connectivity index (χ0) is 10.4. The third kappa shape index (κ3) is 3.23. The van der Waals surface area contributed by atoms with E-state index in [2.05, 4.69) is 19.2 Å². The molecule has 1 fully saturated rings. The second-order valence-electron chi connectivity index (χ2n) is 4.32. The molecule has 1 aliphatic heterocycles. The highest BCUT2D eigenvalue weighted by molar-refractivity contribution is 4.92. The molecule has 0 aromatic carbocycles. The van der Waals surface area contributed by atoms with Gasteiger partial charge in [0.25, 0.3) is 0 Å². The molecule has 0 aromatic rings. The lowest BCUT2D eigenvalue weighted by molar-refractivity contribution is -0.0253. The average Bonchev–Trinajstić information content (AvgIpc) is 2.15. The summed E-state index contributed by atoms with van der Waals surface area (Å²) in [7, 11) is 0. The van der Waals surface area contributed by atoms with Crippen LogP contribution in [0.3, 0.4) is 0 Å². The molecule has 1 saturated heterocycles. The van der Waals surface area contributed by atoms with E-state index in [1.165, 1.54) is 0 Å². The maximum atomic E-state index is 9.09. The summed E-state index contributed by atoms with van der Waals surface area (Å²) < 4.78 is 5.54. The standard InChI is InChI=1S/C11H23NO2/c1-3-6-12-11(4-7-13)5-8-14-10(2)9-11/h10,12-13H,3-9H2,1-2H3. The van der Waals surface area contributed by atoms with Gasteiger partial charge < -0.3 is 15.2 Å². The Hall–Kier alpha value is -0.120. The van der Waals surface area contributed by atoms with Crippen LogP contribution in [0.1, 0.15) is 39.5 Å². The Morgan fingerprint density at radius 1 is 1.57 bits per heavy atom. The number of nitrogens with one attached hydrogen (secondary N) is 1. The third-order valence-electron chi connectivity index (χ3n) is 3.00. The van der Waals surface area contributed by atoms with Crippen LogP contribution in [0.15, 0.2) is 0 Å². The highest BCUT2D eigenvalue weighted by atomic mass is 16.5. The minimum Gasteiger partial charge on any atom is -0.396 e. The van der Waals surface area contributed by atoms with Crippen molar-refractivity contribution in [2.24, 2.45) is 0 Å². The summed E-state index contributed by atoms with van der Waals surface area (Å²) >= 11 is 0. The van der Waals surface area contributed by atoms with E-state index in [1.54, 1.807) is 0 Å². The molecule has 3 heteroatoms. The van der Waals surface area contributed by atoms with Crippen LogP contribution < -0.4 is 5.32 Å². The first-order chi connectivity index (χ1) is 6.72. The Balaban J connectivity index is 2.50. The van der Waals surface area contributed by atoms with Gasteiger partial charge in [-0.2, -0.15) is 0 Å². The molecule has 0 amide bonds. The Bertz CT molecular complexity index is 159. The van der Waals surface area contributed by atoms with Crippen LogP contribution in [0.5, 0.6) is 0 Å². The first-order valence-electron chi connectivity index (χ1n) is 5.70. The van der Waals surface area contributed by atoms with Crippen LogP contribution in [0.4, 0.5) is 0 Å². The molecule has 3 nitrogen and oxygen atoms in total. The summed E-state index contributed by atoms with van der Waals surface area (Å²) in [6, 6.07) is 0. The maximum absolute atomic E-state index is 9.09. The number of ether oxygens (including phenoxy) is 1. The summed E-state index contributed by atoms with van der Waals surface area (Å²) in [5, 5.41) is 12.7. The van der Waals surface area contributed by atoms with Gasteiger partial charge in [0.15, 0.2) is 0 Å². The fourth-order valence-corrected chi connectivity index (χ4v) is 2.25. The van der Waals surface area contributed by atoms with Gasteiger partial charge >= 0.3 is 0 Å². The van der Waals surface area contributed by atoms with Gasteiger partial charge in [0.05, 0.1) is 6.10 Å². The first-order valence-corrected chi connectivity index (χ1v) is 5.70. The second-order valence-corrected chi connectivity index (χ2v) is 4.32. The van der Waals surface area contributed by atoms with Crippen LogP contribution in [0.25, 0.3) is 0 Å². The van der Waals surface area contributed by atoms with Gasteiger partial charge in [0, 0.05) is 18.8 Å². The Morgan fingerprint density at radius 3 is 2.93 bits per heavy atom. The Kier molecular flexibility index (Phi) is 4.85. The van der Waals surface area contributed by atoms with Crippen molar-refractivity contribution in [3.63, 3.8) is 0 Å². The number of rotatable bonds is 5. The second kappa shape index (κ2) is 5.69. The highest BCUT2D eigenvalue weighted by Crippen LogP contribution is 2.27. The fourth-order valence-electron chi connectivity index (χ4n) is 2.25. The number of aliphatic hydroxyl groups excluding tert-OH is 1. The van der Waals surface area contributed by atoms with Gasteiger partial charge in [0.2, 0.25) is 0 Å². The quantitative estimate of drug-likeness (QED) is 0.704. The molecule has 2 N–H and O–H groups in total. The molecule has 0 aliphatic carbocycles. The molecule has 0 spiro atoms. The van der Waals surface area contributed by atoms with Crippen LogP contribution in [-0.4, -0.2) is 36.5 Å². The van der Waals surface area contributed by atoms with E-state index < -0.39 is 0 Å². The zero-order valence-electron chi connectivity index (χ0n) is 9.38. The fraction of sp³-hybridized carbons (Fsp3) is 1.00. The lowest BCUT2D eigenvalue weighted by Crippen LogP contribution is -2.52. The van der Waals surface area contributed by atoms with Crippen molar-refractivity contribution in [2.75, 3.05) is 19.8 Å². The van der Waals surface area contributed by atoms with Crippen molar-refractivity contribution in [1.29, 1.82) is 0 Å². The van der Waals surface area contributed by atoms with Crippen LogP contribution in [-0.2, 0) is 4.74 Å². The average molecular weight is 201 g/mol. The smallest absolute Gasteiger partial charge is 0.0564 e. The molecule has 2 unspecified atom stereocenters. The summed E-state index contributed by atoms with van der Waals surface area (Å²) in [6.45, 7) is 6.40. The lowest BCUT2D eigenvalue weighted by atomic mass is 9.84. The molecule has 0 bridgehead atoms. The molecule has 0 saturated carbocycles. The molecule has 1 rings (SSSR count). The van der Waals surface area contributed by atoms with E-state index >= 15 is 0 Å². The predicted molar refractivity (Wildman–Crippen MR) is 57.4 cm³/mol. The van der Waals surface area contributed by atoms with Crippen molar-refractivity contribution in [1.82, 2.24) is 5.32 Å². The van der Waals surface area contributed by atoms with Crippen LogP contribution in [0.2, 0.25) is 0 Å². The predicted octanol–water partition coefficient (Wildman–Crippen LogP) is 1.31. The van der Waals surface area contributed by atoms with Crippen LogP contribution in [0, 0.1) is 0 Å². The van der Waals surface area contributed by atoms with Crippen molar-refractivity contribution in [2.45, 2.75) is 51.2 Å². The molecule has 2 atom stereocenters. The molecule has 1 aliphatic rings. The number of hydrogen-bond acceptors (Lipinski definition) is 3. The van der Waals surface area contributed by atoms with E-state index in [9.17, 15) is 0 Å². The van der Waals surface area contributed by atoms with Gasteiger partial charge in [-0.3, -0.25) is 0 Å². The normalized spacial score (nSPS) is 33.2. The molecular formula is C11H23NO2. The van der Waals surface area contributed by atoms with E-state index in [4.69, 9.17) is 9.84 Å². The van der Waals surface area contributed by atoms with Gasteiger partial charge in [-0.05, 0) is 39.2 Å². The van der Waals surface area contributed by atoms with E-state index in [0.717, 1.165) is 38.8 Å². The SMILES string of the molecule is CCCNC1(CCO)CCOC(C)C1. The van der Waals surface area contributed by atoms with E-state index in [1.807, 2.05) is 0 Å². The van der Waals surface area contributed by atoms with Crippen LogP contribution >= 0.6 is 0 Å². The lowest BCUT2D eigenvalue weighted by Gasteiger charge is -2.40. The molecule has 84 valence electrons. The minimum absolute atomic E-state index is 0.127. The highest BCUT2D eigenvalue weighted by Gasteiger charge is 2.34. The van der Waals surface area contributed by atoms with Gasteiger partial charge in [-0.15, -0.1) is 0 Å². The van der Waals surface area contributed by atoms with Crippen molar-refractivity contribution in [3.8, 4) is 0 Å². The number of hydrogen-bond donors (Lipinski definition) is 2. The Morgan fingerprint density at radius 2 is 2.36 bits per heavy atom. The molecule has 0 aromatic heterocycles. The minimum atomic E-state index is 0.127. The summed E-state index contributed by atoms with van der Waals surface area (Å²) in [5.41, 5.74) is 0.127. The molecule has 14 heavy (non-hydrogen) atoms. The summed E-state index contributed by atoms with van der Waals surface area (Å²) in [4.78, 5) is 0. The van der Waals surface area contributed by atoms with Crippen molar-refractivity contribution in [3.05, 3.63) is 0 Å². The molecular weight excluding hydrogens is 178 g/mol. The van der Waals surface area contributed by atoms with Gasteiger partial charge in [-0.25, -0.2) is 0 Å². The van der Waals surface area contributed by atoms with Crippen molar-refractivity contribution < 1.29 is 9.84 Å². The summed E-state index contributed by atoms with van der Waals surface area (Å²) in [5.74, 6) is 0. The monoisotopic (exact) mass is 201 g/mol.